The van der Waals surface area contributed by atoms with Crippen LogP contribution in [-0.2, 0) is 9.53 Å². The molecule has 0 atom stereocenters. The third kappa shape index (κ3) is 1.91. The largest absolute Gasteiger partial charge is 0.459 e. The van der Waals surface area contributed by atoms with Gasteiger partial charge in [-0.05, 0) is 58.3 Å². The fraction of sp³-hybridized carbons (Fsp3) is 0.923. The van der Waals surface area contributed by atoms with Crippen LogP contribution in [0.25, 0.3) is 0 Å². The number of hydrogen-bond acceptors (Lipinski definition) is 2. The predicted molar refractivity (Wildman–Crippen MR) is 59.5 cm³/mol. The molecule has 15 heavy (non-hydrogen) atoms. The molecule has 0 heterocycles. The zero-order chi connectivity index (χ0) is 11.1. The summed E-state index contributed by atoms with van der Waals surface area (Å²) in [7, 11) is 0. The van der Waals surface area contributed by atoms with Crippen LogP contribution in [0.15, 0.2) is 0 Å². The number of hydrogen-bond donors (Lipinski definition) is 0. The van der Waals surface area contributed by atoms with E-state index in [4.69, 9.17) is 4.74 Å². The molecule has 0 unspecified atom stereocenters. The number of esters is 1. The second-order valence-corrected chi connectivity index (χ2v) is 5.93. The van der Waals surface area contributed by atoms with Crippen molar-refractivity contribution in [2.24, 2.45) is 11.3 Å². The Bertz CT molecular complexity index is 260. The molecule has 2 aliphatic rings. The Morgan fingerprint density at radius 3 is 2.40 bits per heavy atom. The second kappa shape index (κ2) is 3.50. The molecule has 2 bridgehead atoms. The van der Waals surface area contributed by atoms with Crippen LogP contribution in [0.5, 0.6) is 0 Å². The van der Waals surface area contributed by atoms with E-state index >= 15 is 0 Å². The lowest BCUT2D eigenvalue weighted by molar-refractivity contribution is -0.169. The van der Waals surface area contributed by atoms with Crippen molar-refractivity contribution in [1.29, 1.82) is 0 Å². The minimum absolute atomic E-state index is 0.0781. The maximum Gasteiger partial charge on any atom is 0.312 e. The molecule has 0 N–H and O–H groups in total. The number of carbonyl (C=O) groups is 1. The summed E-state index contributed by atoms with van der Waals surface area (Å²) in [4.78, 5) is 12.2. The summed E-state index contributed by atoms with van der Waals surface area (Å²) in [5, 5.41) is 0. The lowest BCUT2D eigenvalue weighted by atomic mass is 9.84. The fourth-order valence-corrected chi connectivity index (χ4v) is 2.91. The van der Waals surface area contributed by atoms with E-state index in [9.17, 15) is 4.79 Å². The van der Waals surface area contributed by atoms with Gasteiger partial charge in [0.2, 0.25) is 0 Å². The molecule has 2 heteroatoms. The van der Waals surface area contributed by atoms with Crippen LogP contribution in [-0.4, -0.2) is 11.6 Å². The molecule has 2 nitrogen and oxygen atoms in total. The van der Waals surface area contributed by atoms with Crippen molar-refractivity contribution in [2.45, 2.75) is 64.9 Å². The highest BCUT2D eigenvalue weighted by Gasteiger charge is 2.51. The minimum atomic E-state index is -0.285. The molecule has 86 valence electrons. The first-order valence-electron chi connectivity index (χ1n) is 6.21. The van der Waals surface area contributed by atoms with E-state index in [1.807, 2.05) is 13.8 Å². The van der Waals surface area contributed by atoms with Gasteiger partial charge < -0.3 is 4.74 Å². The normalized spacial score (nSPS) is 34.5. The van der Waals surface area contributed by atoms with E-state index in [2.05, 4.69) is 6.92 Å². The van der Waals surface area contributed by atoms with Crippen LogP contribution in [0.3, 0.4) is 0 Å². The molecule has 0 saturated heterocycles. The van der Waals surface area contributed by atoms with Crippen molar-refractivity contribution in [3.05, 3.63) is 0 Å². The molecule has 2 aliphatic carbocycles. The summed E-state index contributed by atoms with van der Waals surface area (Å²) in [6, 6.07) is 0. The Kier molecular flexibility index (Phi) is 2.56. The lowest BCUT2D eigenvalue weighted by Gasteiger charge is -2.31. The lowest BCUT2D eigenvalue weighted by Crippen LogP contribution is -2.36. The SMILES string of the molecule is CCC(C)(C)OC(=O)C12CCC(CC1)C2. The first-order chi connectivity index (χ1) is 6.97. The standard InChI is InChI=1S/C13H22O2/c1-4-12(2,3)15-11(14)13-7-5-10(9-13)6-8-13/h10H,4-9H2,1-3H3. The van der Waals surface area contributed by atoms with Crippen LogP contribution < -0.4 is 0 Å². The van der Waals surface area contributed by atoms with Crippen LogP contribution in [0, 0.1) is 11.3 Å². The Morgan fingerprint density at radius 2 is 2.00 bits per heavy atom. The number of rotatable bonds is 3. The van der Waals surface area contributed by atoms with Crippen LogP contribution in [0.2, 0.25) is 0 Å². The Labute approximate surface area is 92.4 Å². The van der Waals surface area contributed by atoms with Gasteiger partial charge in [0.05, 0.1) is 5.41 Å². The van der Waals surface area contributed by atoms with Crippen molar-refractivity contribution in [1.82, 2.24) is 0 Å². The fourth-order valence-electron chi connectivity index (χ4n) is 2.91. The molecule has 0 aliphatic heterocycles. The van der Waals surface area contributed by atoms with Crippen molar-refractivity contribution < 1.29 is 9.53 Å². The molecule has 0 radical (unpaired) electrons. The van der Waals surface area contributed by atoms with Crippen LogP contribution >= 0.6 is 0 Å². The van der Waals surface area contributed by atoms with Gasteiger partial charge in [-0.1, -0.05) is 6.92 Å². The molecule has 0 aromatic rings. The summed E-state index contributed by atoms with van der Waals surface area (Å²) in [6.07, 6.45) is 6.58. The third-order valence-electron chi connectivity index (χ3n) is 4.40. The van der Waals surface area contributed by atoms with E-state index in [0.717, 1.165) is 31.6 Å². The van der Waals surface area contributed by atoms with Gasteiger partial charge in [0.15, 0.2) is 0 Å². The van der Waals surface area contributed by atoms with Gasteiger partial charge in [-0.3, -0.25) is 4.79 Å². The van der Waals surface area contributed by atoms with E-state index in [1.165, 1.54) is 12.8 Å². The van der Waals surface area contributed by atoms with E-state index in [1.54, 1.807) is 0 Å². The molecule has 0 spiro atoms. The van der Waals surface area contributed by atoms with E-state index in [-0.39, 0.29) is 17.0 Å². The number of ether oxygens (including phenoxy) is 1. The summed E-state index contributed by atoms with van der Waals surface area (Å²) in [6.45, 7) is 6.07. The average molecular weight is 210 g/mol. The Balaban J connectivity index is 2.02. The molecule has 0 aromatic carbocycles. The highest BCUT2D eigenvalue weighted by molar-refractivity contribution is 5.78. The zero-order valence-electron chi connectivity index (χ0n) is 10.1. The molecule has 0 aromatic heterocycles. The first-order valence-corrected chi connectivity index (χ1v) is 6.21. The summed E-state index contributed by atoms with van der Waals surface area (Å²) in [5.41, 5.74) is -0.371. The highest BCUT2D eigenvalue weighted by Crippen LogP contribution is 2.55. The molecule has 2 fully saturated rings. The minimum Gasteiger partial charge on any atom is -0.459 e. The van der Waals surface area contributed by atoms with Gasteiger partial charge >= 0.3 is 5.97 Å². The van der Waals surface area contributed by atoms with Crippen molar-refractivity contribution >= 4 is 5.97 Å². The van der Waals surface area contributed by atoms with Crippen molar-refractivity contribution in [3.8, 4) is 0 Å². The Hall–Kier alpha value is -0.530. The summed E-state index contributed by atoms with van der Waals surface area (Å²) < 4.78 is 5.65. The molecule has 2 saturated carbocycles. The van der Waals surface area contributed by atoms with Crippen molar-refractivity contribution in [3.63, 3.8) is 0 Å². The van der Waals surface area contributed by atoms with Gasteiger partial charge in [-0.25, -0.2) is 0 Å². The van der Waals surface area contributed by atoms with Gasteiger partial charge in [-0.2, -0.15) is 0 Å². The maximum atomic E-state index is 12.2. The monoisotopic (exact) mass is 210 g/mol. The van der Waals surface area contributed by atoms with Gasteiger partial charge in [0.25, 0.3) is 0 Å². The quantitative estimate of drug-likeness (QED) is 0.668. The molecular formula is C13H22O2. The molecule has 0 amide bonds. The smallest absolute Gasteiger partial charge is 0.312 e. The van der Waals surface area contributed by atoms with Gasteiger partial charge in [0, 0.05) is 0 Å². The summed E-state index contributed by atoms with van der Waals surface area (Å²) in [5.74, 6) is 0.886. The topological polar surface area (TPSA) is 26.3 Å². The number of carbonyl (C=O) groups excluding carboxylic acids is 1. The molecular weight excluding hydrogens is 188 g/mol. The second-order valence-electron chi connectivity index (χ2n) is 5.93. The third-order valence-corrected chi connectivity index (χ3v) is 4.40. The number of fused-ring (bicyclic) bond motifs is 2. The predicted octanol–water partition coefficient (Wildman–Crippen LogP) is 3.30. The molecule has 2 rings (SSSR count). The zero-order valence-corrected chi connectivity index (χ0v) is 10.1. The highest BCUT2D eigenvalue weighted by atomic mass is 16.6. The Morgan fingerprint density at radius 1 is 1.40 bits per heavy atom. The maximum absolute atomic E-state index is 12.2. The van der Waals surface area contributed by atoms with E-state index < -0.39 is 0 Å². The van der Waals surface area contributed by atoms with Crippen molar-refractivity contribution in [2.75, 3.05) is 0 Å². The van der Waals surface area contributed by atoms with Crippen LogP contribution in [0.1, 0.15) is 59.3 Å². The van der Waals surface area contributed by atoms with Crippen LogP contribution in [0.4, 0.5) is 0 Å². The van der Waals surface area contributed by atoms with Gasteiger partial charge in [-0.15, -0.1) is 0 Å². The average Bonchev–Trinajstić information content (AvgIpc) is 2.78. The van der Waals surface area contributed by atoms with Gasteiger partial charge in [0.1, 0.15) is 5.60 Å². The first kappa shape index (κ1) is 11.0. The van der Waals surface area contributed by atoms with E-state index in [0.29, 0.717) is 0 Å². The summed E-state index contributed by atoms with van der Waals surface area (Å²) >= 11 is 0.